The summed E-state index contributed by atoms with van der Waals surface area (Å²) in [4.78, 5) is 4.14. The zero-order valence-electron chi connectivity index (χ0n) is 7.82. The largest absolute Gasteiger partial charge is 0.245 e. The van der Waals surface area contributed by atoms with Gasteiger partial charge >= 0.3 is 0 Å². The van der Waals surface area contributed by atoms with Gasteiger partial charge in [0.25, 0.3) is 0 Å². The van der Waals surface area contributed by atoms with Crippen LogP contribution in [-0.4, -0.2) is 20.4 Å². The van der Waals surface area contributed by atoms with E-state index in [-0.39, 0.29) is 0 Å². The Bertz CT molecular complexity index is 452. The maximum atomic E-state index is 4.14. The topological polar surface area (TPSA) is 51.6 Å². The summed E-state index contributed by atoms with van der Waals surface area (Å²) in [5.41, 5.74) is 2.97. The highest BCUT2D eigenvalue weighted by molar-refractivity contribution is 7.16. The highest BCUT2D eigenvalue weighted by atomic mass is 32.1. The number of hydrogen-bond acceptors (Lipinski definition) is 5. The zero-order chi connectivity index (χ0) is 10.3. The van der Waals surface area contributed by atoms with Gasteiger partial charge in [0.05, 0.1) is 28.1 Å². The molecule has 0 saturated carbocycles. The van der Waals surface area contributed by atoms with E-state index >= 15 is 0 Å². The molecule has 0 radical (unpaired) electrons. The fourth-order valence-electron chi connectivity index (χ4n) is 1.01. The van der Waals surface area contributed by atoms with Crippen molar-refractivity contribution in [2.75, 3.05) is 0 Å². The quantitative estimate of drug-likeness (QED) is 0.578. The lowest BCUT2D eigenvalue weighted by Crippen LogP contribution is -1.78. The molecule has 4 nitrogen and oxygen atoms in total. The minimum absolute atomic E-state index is 1.10. The summed E-state index contributed by atoms with van der Waals surface area (Å²) in [6.07, 6.45) is 3.15. The number of nitrogens with zero attached hydrogens (tertiary/aromatic N) is 4. The predicted octanol–water partition coefficient (Wildman–Crippen LogP) is 2.17. The second-order valence-corrected chi connectivity index (χ2v) is 3.52. The van der Waals surface area contributed by atoms with Gasteiger partial charge in [-0.15, -0.1) is 21.5 Å². The van der Waals surface area contributed by atoms with Crippen molar-refractivity contribution in [2.24, 2.45) is 0 Å². The minimum atomic E-state index is 1.10. The number of benzene rings is 1. The van der Waals surface area contributed by atoms with Crippen LogP contribution in [0.5, 0.6) is 0 Å². The number of thiazole rings is 1. The average molecular weight is 216 g/mol. The Balaban J connectivity index is 0.000000124. The highest BCUT2D eigenvalue weighted by Gasteiger charge is 1.89. The lowest BCUT2D eigenvalue weighted by Gasteiger charge is -1.80. The predicted molar refractivity (Wildman–Crippen MR) is 59.4 cm³/mol. The van der Waals surface area contributed by atoms with Crippen molar-refractivity contribution < 1.29 is 0 Å². The van der Waals surface area contributed by atoms with Crippen LogP contribution in [0, 0.1) is 0 Å². The summed E-state index contributed by atoms with van der Waals surface area (Å²) in [7, 11) is 0. The molecule has 0 spiro atoms. The van der Waals surface area contributed by atoms with E-state index in [1.54, 1.807) is 29.8 Å². The summed E-state index contributed by atoms with van der Waals surface area (Å²) in [5.74, 6) is 0. The van der Waals surface area contributed by atoms with Gasteiger partial charge in [0.2, 0.25) is 0 Å². The van der Waals surface area contributed by atoms with Crippen LogP contribution in [0.4, 0.5) is 0 Å². The number of para-hydroxylation sites is 1. The average Bonchev–Trinajstić information content (AvgIpc) is 2.80. The fraction of sp³-hybridized carbons (Fsp3) is 0. The van der Waals surface area contributed by atoms with Gasteiger partial charge in [-0.2, -0.15) is 0 Å². The van der Waals surface area contributed by atoms with Crippen molar-refractivity contribution in [3.63, 3.8) is 0 Å². The third kappa shape index (κ3) is 2.78. The van der Waals surface area contributed by atoms with Gasteiger partial charge in [0, 0.05) is 0 Å². The molecule has 0 atom stereocenters. The molecule has 0 aliphatic heterocycles. The van der Waals surface area contributed by atoms with Gasteiger partial charge in [0.15, 0.2) is 0 Å². The molecule has 0 amide bonds. The summed E-state index contributed by atoms with van der Waals surface area (Å²) < 4.78 is 1.26. The van der Waals surface area contributed by atoms with Crippen LogP contribution in [0.1, 0.15) is 0 Å². The second-order valence-electron chi connectivity index (χ2n) is 2.63. The first-order valence-electron chi connectivity index (χ1n) is 4.33. The molecule has 3 aromatic rings. The first-order valence-corrected chi connectivity index (χ1v) is 5.21. The SMILES string of the molecule is c1ccc2scnc2c1.c1cnnnc1. The van der Waals surface area contributed by atoms with Crippen molar-refractivity contribution >= 4 is 21.6 Å². The molecule has 0 bridgehead atoms. The summed E-state index contributed by atoms with van der Waals surface area (Å²) >= 11 is 1.68. The van der Waals surface area contributed by atoms with Gasteiger partial charge in [-0.25, -0.2) is 4.98 Å². The van der Waals surface area contributed by atoms with E-state index in [1.165, 1.54) is 4.70 Å². The molecule has 2 aromatic heterocycles. The van der Waals surface area contributed by atoms with Crippen molar-refractivity contribution in [1.82, 2.24) is 20.4 Å². The van der Waals surface area contributed by atoms with Crippen molar-refractivity contribution in [1.29, 1.82) is 0 Å². The molecule has 15 heavy (non-hydrogen) atoms. The molecule has 0 aliphatic rings. The molecule has 0 aliphatic carbocycles. The number of rotatable bonds is 0. The Labute approximate surface area is 90.6 Å². The Kier molecular flexibility index (Phi) is 3.30. The monoisotopic (exact) mass is 216 g/mol. The van der Waals surface area contributed by atoms with Gasteiger partial charge in [-0.1, -0.05) is 12.1 Å². The van der Waals surface area contributed by atoms with Crippen molar-refractivity contribution in [2.45, 2.75) is 0 Å². The van der Waals surface area contributed by atoms with E-state index in [2.05, 4.69) is 26.5 Å². The Morgan fingerprint density at radius 2 is 1.73 bits per heavy atom. The van der Waals surface area contributed by atoms with E-state index in [4.69, 9.17) is 0 Å². The molecular weight excluding hydrogens is 208 g/mol. The van der Waals surface area contributed by atoms with Gasteiger partial charge in [-0.05, 0) is 23.4 Å². The summed E-state index contributed by atoms with van der Waals surface area (Å²) in [6, 6.07) is 9.84. The molecule has 0 saturated heterocycles. The molecule has 2 heterocycles. The standard InChI is InChI=1S/C7H5NS.C3H3N3/c1-2-4-7-6(3-1)8-5-9-7;1-2-4-6-5-3-1/h1-5H;1-3H. The van der Waals surface area contributed by atoms with Crippen LogP contribution in [0.15, 0.2) is 48.2 Å². The molecule has 5 heteroatoms. The van der Waals surface area contributed by atoms with Crippen LogP contribution in [-0.2, 0) is 0 Å². The first kappa shape index (κ1) is 9.67. The number of fused-ring (bicyclic) bond motifs is 1. The molecule has 0 unspecified atom stereocenters. The van der Waals surface area contributed by atoms with Gasteiger partial charge < -0.3 is 0 Å². The Hall–Kier alpha value is -1.88. The molecule has 74 valence electrons. The van der Waals surface area contributed by atoms with Crippen LogP contribution < -0.4 is 0 Å². The van der Waals surface area contributed by atoms with Crippen LogP contribution in [0.2, 0.25) is 0 Å². The van der Waals surface area contributed by atoms with Crippen LogP contribution in [0.25, 0.3) is 10.2 Å². The first-order chi connectivity index (χ1) is 7.47. The Morgan fingerprint density at radius 3 is 2.33 bits per heavy atom. The molecule has 0 fully saturated rings. The number of aromatic nitrogens is 4. The van der Waals surface area contributed by atoms with Gasteiger partial charge in [0.1, 0.15) is 0 Å². The second kappa shape index (κ2) is 5.11. The Morgan fingerprint density at radius 1 is 0.933 bits per heavy atom. The van der Waals surface area contributed by atoms with E-state index in [0.717, 1.165) is 5.52 Å². The molecular formula is C10H8N4S. The maximum absolute atomic E-state index is 4.14. The third-order valence-electron chi connectivity index (χ3n) is 1.65. The molecule has 0 N–H and O–H groups in total. The van der Waals surface area contributed by atoms with E-state index < -0.39 is 0 Å². The third-order valence-corrected chi connectivity index (χ3v) is 2.46. The minimum Gasteiger partial charge on any atom is -0.245 e. The smallest absolute Gasteiger partial charge is 0.0812 e. The van der Waals surface area contributed by atoms with Crippen LogP contribution >= 0.6 is 11.3 Å². The van der Waals surface area contributed by atoms with E-state index in [9.17, 15) is 0 Å². The van der Waals surface area contributed by atoms with Crippen molar-refractivity contribution in [3.05, 3.63) is 48.2 Å². The van der Waals surface area contributed by atoms with Crippen LogP contribution in [0.3, 0.4) is 0 Å². The normalized spacial score (nSPS) is 9.33. The lowest BCUT2D eigenvalue weighted by molar-refractivity contribution is 0.865. The summed E-state index contributed by atoms with van der Waals surface area (Å²) in [5, 5.41) is 10.1. The van der Waals surface area contributed by atoms with Crippen molar-refractivity contribution in [3.8, 4) is 0 Å². The van der Waals surface area contributed by atoms with E-state index in [0.29, 0.717) is 0 Å². The highest BCUT2D eigenvalue weighted by Crippen LogP contribution is 2.15. The molecule has 1 aromatic carbocycles. The molecule has 3 rings (SSSR count). The van der Waals surface area contributed by atoms with Gasteiger partial charge in [-0.3, -0.25) is 0 Å². The summed E-state index contributed by atoms with van der Waals surface area (Å²) in [6.45, 7) is 0. The maximum Gasteiger partial charge on any atom is 0.0812 e. The van der Waals surface area contributed by atoms with E-state index in [1.807, 2.05) is 23.7 Å². The zero-order valence-corrected chi connectivity index (χ0v) is 8.63. The lowest BCUT2D eigenvalue weighted by atomic mass is 10.3. The fourth-order valence-corrected chi connectivity index (χ4v) is 1.69. The number of hydrogen-bond donors (Lipinski definition) is 0.